The van der Waals surface area contributed by atoms with Gasteiger partial charge in [-0.1, -0.05) is 12.1 Å². The SMILES string of the molecule is CC(C)(O)COC1CCC(NC(=O)c2ccc(-c3ncc(F)c4[nH]ccc34)cc2)CC1. The van der Waals surface area contributed by atoms with Crippen molar-refractivity contribution in [1.29, 1.82) is 0 Å². The Morgan fingerprint density at radius 2 is 1.94 bits per heavy atom. The lowest BCUT2D eigenvalue weighted by molar-refractivity contribution is -0.0640. The number of ether oxygens (including phenoxy) is 1. The number of amides is 1. The van der Waals surface area contributed by atoms with Crippen molar-refractivity contribution in [2.45, 2.75) is 57.3 Å². The molecule has 0 atom stereocenters. The van der Waals surface area contributed by atoms with Gasteiger partial charge in [0, 0.05) is 28.8 Å². The molecule has 1 aliphatic rings. The maximum Gasteiger partial charge on any atom is 0.251 e. The van der Waals surface area contributed by atoms with Gasteiger partial charge in [0.1, 0.15) is 0 Å². The number of rotatable bonds is 6. The molecule has 3 aromatic rings. The number of pyridine rings is 1. The standard InChI is InChI=1S/C24H28FN3O3/c1-24(2,30)14-31-18-9-7-17(8-10-18)28-23(29)16-5-3-15(4-6-16)21-19-11-12-26-22(19)20(25)13-27-21/h3-6,11-13,17-18,26,30H,7-10,14H2,1-2H3,(H,28,29). The maximum atomic E-state index is 13.9. The molecule has 0 unspecified atom stereocenters. The van der Waals surface area contributed by atoms with Gasteiger partial charge in [0.05, 0.1) is 35.7 Å². The summed E-state index contributed by atoms with van der Waals surface area (Å²) in [5.74, 6) is -0.494. The van der Waals surface area contributed by atoms with Crippen LogP contribution in [0.4, 0.5) is 4.39 Å². The zero-order chi connectivity index (χ0) is 22.0. The van der Waals surface area contributed by atoms with Crippen LogP contribution in [0.15, 0.2) is 42.7 Å². The number of hydrogen-bond acceptors (Lipinski definition) is 4. The minimum absolute atomic E-state index is 0.105. The van der Waals surface area contributed by atoms with Crippen molar-refractivity contribution in [3.8, 4) is 11.3 Å². The van der Waals surface area contributed by atoms with E-state index in [2.05, 4.69) is 15.3 Å². The van der Waals surface area contributed by atoms with Gasteiger partial charge in [0.25, 0.3) is 5.91 Å². The first kappa shape index (κ1) is 21.5. The topological polar surface area (TPSA) is 87.2 Å². The van der Waals surface area contributed by atoms with Gasteiger partial charge in [0.2, 0.25) is 0 Å². The predicted octanol–water partition coefficient (Wildman–Crippen LogP) is 4.20. The Hall–Kier alpha value is -2.77. The van der Waals surface area contributed by atoms with E-state index in [9.17, 15) is 14.3 Å². The van der Waals surface area contributed by atoms with E-state index in [-0.39, 0.29) is 23.9 Å². The lowest BCUT2D eigenvalue weighted by Crippen LogP contribution is -2.40. The van der Waals surface area contributed by atoms with E-state index in [1.807, 2.05) is 12.1 Å². The molecule has 1 fully saturated rings. The molecular weight excluding hydrogens is 397 g/mol. The van der Waals surface area contributed by atoms with Crippen molar-refractivity contribution in [2.24, 2.45) is 0 Å². The first-order valence-corrected chi connectivity index (χ1v) is 10.7. The minimum Gasteiger partial charge on any atom is -0.388 e. The highest BCUT2D eigenvalue weighted by Crippen LogP contribution is 2.28. The van der Waals surface area contributed by atoms with Crippen LogP contribution in [0.2, 0.25) is 0 Å². The third-order valence-electron chi connectivity index (χ3n) is 5.65. The molecule has 0 radical (unpaired) electrons. The van der Waals surface area contributed by atoms with E-state index < -0.39 is 5.60 Å². The normalized spacial score (nSPS) is 19.5. The fourth-order valence-electron chi connectivity index (χ4n) is 3.99. The van der Waals surface area contributed by atoms with Gasteiger partial charge in [-0.3, -0.25) is 9.78 Å². The molecule has 3 N–H and O–H groups in total. The second kappa shape index (κ2) is 8.77. The third-order valence-corrected chi connectivity index (χ3v) is 5.65. The Labute approximate surface area is 180 Å². The molecule has 7 heteroatoms. The highest BCUT2D eigenvalue weighted by atomic mass is 19.1. The van der Waals surface area contributed by atoms with Crippen molar-refractivity contribution in [1.82, 2.24) is 15.3 Å². The maximum absolute atomic E-state index is 13.9. The Kier molecular flexibility index (Phi) is 6.07. The van der Waals surface area contributed by atoms with Crippen molar-refractivity contribution in [2.75, 3.05) is 6.61 Å². The molecule has 0 bridgehead atoms. The van der Waals surface area contributed by atoms with Crippen LogP contribution in [0.1, 0.15) is 49.9 Å². The predicted molar refractivity (Wildman–Crippen MR) is 117 cm³/mol. The van der Waals surface area contributed by atoms with Gasteiger partial charge in [-0.25, -0.2) is 4.39 Å². The molecule has 2 aromatic heterocycles. The number of nitrogens with one attached hydrogen (secondary N) is 2. The number of fused-ring (bicyclic) bond motifs is 1. The fraction of sp³-hybridized carbons (Fsp3) is 0.417. The highest BCUT2D eigenvalue weighted by molar-refractivity contribution is 5.96. The van der Waals surface area contributed by atoms with Crippen LogP contribution in [0.5, 0.6) is 0 Å². The molecule has 31 heavy (non-hydrogen) atoms. The molecular formula is C24H28FN3O3. The van der Waals surface area contributed by atoms with Crippen molar-refractivity contribution in [3.05, 3.63) is 54.1 Å². The number of carbonyl (C=O) groups is 1. The summed E-state index contributed by atoms with van der Waals surface area (Å²) in [5, 5.41) is 13.6. The smallest absolute Gasteiger partial charge is 0.251 e. The summed E-state index contributed by atoms with van der Waals surface area (Å²) in [6.07, 6.45) is 6.46. The summed E-state index contributed by atoms with van der Waals surface area (Å²) < 4.78 is 19.6. The number of benzene rings is 1. The number of carbonyl (C=O) groups excluding carboxylic acids is 1. The number of aliphatic hydroxyl groups is 1. The summed E-state index contributed by atoms with van der Waals surface area (Å²) >= 11 is 0. The Balaban J connectivity index is 1.35. The molecule has 1 aromatic carbocycles. The van der Waals surface area contributed by atoms with Crippen LogP contribution in [-0.4, -0.2) is 45.3 Å². The summed E-state index contributed by atoms with van der Waals surface area (Å²) in [4.78, 5) is 19.8. The van der Waals surface area contributed by atoms with Crippen molar-refractivity contribution < 1.29 is 19.0 Å². The number of aromatic amines is 1. The minimum atomic E-state index is -0.826. The van der Waals surface area contributed by atoms with E-state index in [0.717, 1.165) is 31.2 Å². The summed E-state index contributed by atoms with van der Waals surface area (Å²) in [6, 6.07) is 9.13. The van der Waals surface area contributed by atoms with Crippen LogP contribution in [0.25, 0.3) is 22.2 Å². The number of nitrogens with zero attached hydrogens (tertiary/aromatic N) is 1. The third kappa shape index (κ3) is 5.11. The van der Waals surface area contributed by atoms with E-state index in [1.165, 1.54) is 6.20 Å². The van der Waals surface area contributed by atoms with E-state index >= 15 is 0 Å². The zero-order valence-corrected chi connectivity index (χ0v) is 17.8. The number of aromatic nitrogens is 2. The van der Waals surface area contributed by atoms with Crippen LogP contribution >= 0.6 is 0 Å². The molecule has 4 rings (SSSR count). The van der Waals surface area contributed by atoms with Crippen molar-refractivity contribution in [3.63, 3.8) is 0 Å². The Morgan fingerprint density at radius 1 is 1.23 bits per heavy atom. The average molecular weight is 426 g/mol. The largest absolute Gasteiger partial charge is 0.388 e. The summed E-state index contributed by atoms with van der Waals surface area (Å²) in [6.45, 7) is 3.79. The first-order chi connectivity index (χ1) is 14.8. The molecule has 0 spiro atoms. The first-order valence-electron chi connectivity index (χ1n) is 10.7. The number of hydrogen-bond donors (Lipinski definition) is 3. The molecule has 1 aliphatic carbocycles. The Morgan fingerprint density at radius 3 is 2.61 bits per heavy atom. The van der Waals surface area contributed by atoms with Crippen LogP contribution in [0, 0.1) is 5.82 Å². The average Bonchev–Trinajstić information content (AvgIpc) is 3.24. The summed E-state index contributed by atoms with van der Waals surface area (Å²) in [7, 11) is 0. The second-order valence-corrected chi connectivity index (χ2v) is 8.87. The molecule has 2 heterocycles. The second-order valence-electron chi connectivity index (χ2n) is 8.87. The highest BCUT2D eigenvalue weighted by Gasteiger charge is 2.25. The fourth-order valence-corrected chi connectivity index (χ4v) is 3.99. The van der Waals surface area contributed by atoms with E-state index in [1.54, 1.807) is 38.2 Å². The number of H-pyrrole nitrogens is 1. The van der Waals surface area contributed by atoms with Gasteiger partial charge in [-0.05, 0) is 57.7 Å². The van der Waals surface area contributed by atoms with E-state index in [0.29, 0.717) is 28.8 Å². The van der Waals surface area contributed by atoms with Crippen molar-refractivity contribution >= 4 is 16.8 Å². The van der Waals surface area contributed by atoms with Gasteiger partial charge in [-0.15, -0.1) is 0 Å². The molecule has 6 nitrogen and oxygen atoms in total. The molecule has 164 valence electrons. The monoisotopic (exact) mass is 425 g/mol. The van der Waals surface area contributed by atoms with Gasteiger partial charge >= 0.3 is 0 Å². The Bertz CT molecular complexity index is 1050. The van der Waals surface area contributed by atoms with Crippen LogP contribution < -0.4 is 5.32 Å². The van der Waals surface area contributed by atoms with Gasteiger partial charge in [-0.2, -0.15) is 0 Å². The molecule has 1 amide bonds. The summed E-state index contributed by atoms with van der Waals surface area (Å²) in [5.41, 5.74) is 1.68. The molecule has 1 saturated carbocycles. The lowest BCUT2D eigenvalue weighted by Gasteiger charge is -2.30. The van der Waals surface area contributed by atoms with E-state index in [4.69, 9.17) is 4.74 Å². The quantitative estimate of drug-likeness (QED) is 0.552. The van der Waals surface area contributed by atoms with Gasteiger partial charge in [0.15, 0.2) is 5.82 Å². The zero-order valence-electron chi connectivity index (χ0n) is 17.8. The molecule has 0 aliphatic heterocycles. The number of halogens is 1. The van der Waals surface area contributed by atoms with Crippen LogP contribution in [0.3, 0.4) is 0 Å². The van der Waals surface area contributed by atoms with Crippen LogP contribution in [-0.2, 0) is 4.74 Å². The van der Waals surface area contributed by atoms with Gasteiger partial charge < -0.3 is 20.1 Å². The lowest BCUT2D eigenvalue weighted by atomic mass is 9.92. The molecule has 0 saturated heterocycles.